The molecular weight excluding hydrogens is 346 g/mol. The lowest BCUT2D eigenvalue weighted by Gasteiger charge is -2.23. The van der Waals surface area contributed by atoms with Gasteiger partial charge < -0.3 is 19.5 Å². The molecule has 1 atom stereocenters. The van der Waals surface area contributed by atoms with E-state index in [0.717, 1.165) is 17.9 Å². The molecule has 0 radical (unpaired) electrons. The lowest BCUT2D eigenvalue weighted by atomic mass is 10.2. The van der Waals surface area contributed by atoms with E-state index in [0.29, 0.717) is 36.8 Å². The van der Waals surface area contributed by atoms with Gasteiger partial charge in [0.2, 0.25) is 0 Å². The highest BCUT2D eigenvalue weighted by atomic mass is 16.5. The van der Waals surface area contributed by atoms with Crippen LogP contribution in [0.5, 0.6) is 11.5 Å². The van der Waals surface area contributed by atoms with Gasteiger partial charge in [-0.1, -0.05) is 12.1 Å². The molecule has 0 bridgehead atoms. The number of nitrogens with one attached hydrogen (secondary N) is 1. The molecular formula is C20H21N3O4. The molecule has 4 rings (SSSR count). The smallest absolute Gasteiger partial charge is 0.258 e. The second-order valence-electron chi connectivity index (χ2n) is 6.31. The summed E-state index contributed by atoms with van der Waals surface area (Å²) in [4.78, 5) is 17.0. The Kier molecular flexibility index (Phi) is 5.04. The summed E-state index contributed by atoms with van der Waals surface area (Å²) in [5.41, 5.74) is 2.03. The molecule has 140 valence electrons. The van der Waals surface area contributed by atoms with E-state index in [1.54, 1.807) is 25.4 Å². The Morgan fingerprint density at radius 2 is 2.19 bits per heavy atom. The van der Waals surface area contributed by atoms with Gasteiger partial charge in [0.05, 0.1) is 19.4 Å². The molecule has 7 heteroatoms. The van der Waals surface area contributed by atoms with Crippen molar-refractivity contribution in [3.63, 3.8) is 0 Å². The van der Waals surface area contributed by atoms with Crippen molar-refractivity contribution in [1.29, 1.82) is 0 Å². The Morgan fingerprint density at radius 3 is 3.00 bits per heavy atom. The van der Waals surface area contributed by atoms with Crippen LogP contribution in [0.2, 0.25) is 0 Å². The van der Waals surface area contributed by atoms with E-state index in [1.165, 1.54) is 10.5 Å². The second-order valence-corrected chi connectivity index (χ2v) is 6.31. The van der Waals surface area contributed by atoms with Gasteiger partial charge in [0.25, 0.3) is 5.56 Å². The van der Waals surface area contributed by atoms with Gasteiger partial charge >= 0.3 is 0 Å². The maximum absolute atomic E-state index is 12.4. The fraction of sp³-hybridized carbons (Fsp3) is 0.300. The number of hydrogen-bond donors (Lipinski definition) is 1. The Hall–Kier alpha value is -2.90. The summed E-state index contributed by atoms with van der Waals surface area (Å²) < 4.78 is 18.3. The monoisotopic (exact) mass is 367 g/mol. The van der Waals surface area contributed by atoms with Crippen molar-refractivity contribution >= 4 is 5.65 Å². The third-order valence-corrected chi connectivity index (χ3v) is 4.46. The van der Waals surface area contributed by atoms with E-state index in [9.17, 15) is 4.79 Å². The molecule has 27 heavy (non-hydrogen) atoms. The van der Waals surface area contributed by atoms with Crippen molar-refractivity contribution in [2.45, 2.75) is 12.7 Å². The minimum atomic E-state index is -0.210. The number of ether oxygens (including phenoxy) is 3. The van der Waals surface area contributed by atoms with Crippen LogP contribution >= 0.6 is 0 Å². The fourth-order valence-electron chi connectivity index (χ4n) is 3.04. The molecule has 0 spiro atoms. The summed E-state index contributed by atoms with van der Waals surface area (Å²) in [5, 5.41) is 3.25. The first kappa shape index (κ1) is 17.5. The summed E-state index contributed by atoms with van der Waals surface area (Å²) in [7, 11) is 1.63. The first-order chi connectivity index (χ1) is 13.2. The molecule has 3 heterocycles. The molecule has 3 aromatic rings. The highest BCUT2D eigenvalue weighted by Crippen LogP contribution is 2.19. The summed E-state index contributed by atoms with van der Waals surface area (Å²) >= 11 is 0. The summed E-state index contributed by atoms with van der Waals surface area (Å²) in [6, 6.07) is 12.8. The van der Waals surface area contributed by atoms with Crippen LogP contribution in [0.15, 0.2) is 53.5 Å². The molecule has 1 N–H and O–H groups in total. The quantitative estimate of drug-likeness (QED) is 0.743. The highest BCUT2D eigenvalue weighted by Gasteiger charge is 2.18. The third kappa shape index (κ3) is 3.94. The number of benzene rings is 1. The van der Waals surface area contributed by atoms with Crippen LogP contribution in [-0.2, 0) is 11.3 Å². The topological polar surface area (TPSA) is 74.1 Å². The van der Waals surface area contributed by atoms with E-state index < -0.39 is 0 Å². The number of fused-ring (bicyclic) bond motifs is 1. The van der Waals surface area contributed by atoms with Gasteiger partial charge in [-0.25, -0.2) is 4.98 Å². The van der Waals surface area contributed by atoms with Crippen LogP contribution in [0.1, 0.15) is 17.4 Å². The zero-order valence-corrected chi connectivity index (χ0v) is 15.1. The third-order valence-electron chi connectivity index (χ3n) is 4.46. The molecule has 0 aliphatic carbocycles. The molecule has 1 unspecified atom stereocenters. The van der Waals surface area contributed by atoms with Gasteiger partial charge in [0.1, 0.15) is 29.9 Å². The zero-order valence-electron chi connectivity index (χ0n) is 15.1. The van der Waals surface area contributed by atoms with E-state index in [1.807, 2.05) is 24.3 Å². The van der Waals surface area contributed by atoms with Crippen molar-refractivity contribution in [3.05, 3.63) is 70.3 Å². The largest absolute Gasteiger partial charge is 0.497 e. The number of pyridine rings is 1. The normalized spacial score (nSPS) is 17.0. The average Bonchev–Trinajstić information content (AvgIpc) is 2.72. The van der Waals surface area contributed by atoms with Gasteiger partial charge in [0, 0.05) is 31.4 Å². The van der Waals surface area contributed by atoms with Crippen LogP contribution in [0, 0.1) is 0 Å². The van der Waals surface area contributed by atoms with Crippen LogP contribution in [0.3, 0.4) is 0 Å². The molecule has 1 aliphatic rings. The summed E-state index contributed by atoms with van der Waals surface area (Å²) in [5.74, 6) is 1.43. The van der Waals surface area contributed by atoms with Gasteiger partial charge in [0.15, 0.2) is 0 Å². The van der Waals surface area contributed by atoms with Gasteiger partial charge in [-0.2, -0.15) is 0 Å². The lowest BCUT2D eigenvalue weighted by molar-refractivity contribution is 0.0250. The standard InChI is InChI=1S/C20H21N3O4/c1-25-15-4-2-3-14(9-15)13-27-16-5-7-23-19(10-16)22-17(11-20(23)24)18-12-21-6-8-26-18/h2-5,7,9-11,18,21H,6,8,12-13H2,1H3. The highest BCUT2D eigenvalue weighted by molar-refractivity contribution is 5.45. The molecule has 1 fully saturated rings. The van der Waals surface area contributed by atoms with Crippen LogP contribution in [-0.4, -0.2) is 36.2 Å². The van der Waals surface area contributed by atoms with Crippen LogP contribution in [0.25, 0.3) is 5.65 Å². The molecule has 2 aromatic heterocycles. The Labute approximate surface area is 156 Å². The molecule has 1 aromatic carbocycles. The second kappa shape index (κ2) is 7.77. The van der Waals surface area contributed by atoms with E-state index in [2.05, 4.69) is 10.3 Å². The fourth-order valence-corrected chi connectivity index (χ4v) is 3.04. The van der Waals surface area contributed by atoms with Crippen LogP contribution < -0.4 is 20.3 Å². The van der Waals surface area contributed by atoms with E-state index >= 15 is 0 Å². The van der Waals surface area contributed by atoms with E-state index in [-0.39, 0.29) is 11.7 Å². The Balaban J connectivity index is 1.57. The number of methoxy groups -OCH3 is 1. The lowest BCUT2D eigenvalue weighted by Crippen LogP contribution is -2.34. The molecule has 7 nitrogen and oxygen atoms in total. The van der Waals surface area contributed by atoms with Gasteiger partial charge in [-0.3, -0.25) is 9.20 Å². The summed E-state index contributed by atoms with van der Waals surface area (Å²) in [6.45, 7) is 2.46. The predicted molar refractivity (Wildman–Crippen MR) is 100 cm³/mol. The maximum atomic E-state index is 12.4. The molecule has 0 saturated carbocycles. The molecule has 1 saturated heterocycles. The van der Waals surface area contributed by atoms with Gasteiger partial charge in [-0.15, -0.1) is 0 Å². The first-order valence-corrected chi connectivity index (χ1v) is 8.84. The molecule has 0 amide bonds. The van der Waals surface area contributed by atoms with Crippen molar-refractivity contribution in [3.8, 4) is 11.5 Å². The SMILES string of the molecule is COc1cccc(COc2ccn3c(=O)cc(C4CNCCO4)nc3c2)c1. The Bertz CT molecular complexity index is 996. The number of rotatable bonds is 5. The zero-order chi connectivity index (χ0) is 18.6. The maximum Gasteiger partial charge on any atom is 0.258 e. The van der Waals surface area contributed by atoms with Crippen LogP contribution in [0.4, 0.5) is 0 Å². The van der Waals surface area contributed by atoms with Crippen molar-refractivity contribution < 1.29 is 14.2 Å². The summed E-state index contributed by atoms with van der Waals surface area (Å²) in [6.07, 6.45) is 1.47. The van der Waals surface area contributed by atoms with Gasteiger partial charge in [-0.05, 0) is 23.8 Å². The number of hydrogen-bond acceptors (Lipinski definition) is 6. The minimum absolute atomic E-state index is 0.136. The average molecular weight is 367 g/mol. The predicted octanol–water partition coefficient (Wildman–Crippen LogP) is 1.94. The van der Waals surface area contributed by atoms with Crippen molar-refractivity contribution in [1.82, 2.24) is 14.7 Å². The van der Waals surface area contributed by atoms with Crippen molar-refractivity contribution in [2.75, 3.05) is 26.8 Å². The van der Waals surface area contributed by atoms with Crippen molar-refractivity contribution in [2.24, 2.45) is 0 Å². The molecule has 1 aliphatic heterocycles. The Morgan fingerprint density at radius 1 is 1.26 bits per heavy atom. The first-order valence-electron chi connectivity index (χ1n) is 8.84. The number of nitrogens with zero attached hydrogens (tertiary/aromatic N) is 2. The number of morpholine rings is 1. The minimum Gasteiger partial charge on any atom is -0.497 e. The van der Waals surface area contributed by atoms with E-state index in [4.69, 9.17) is 14.2 Å². The number of aromatic nitrogens is 2.